The molecular weight excluding hydrogens is 164 g/mol. The van der Waals surface area contributed by atoms with Crippen molar-refractivity contribution in [3.8, 4) is 12.3 Å². The van der Waals surface area contributed by atoms with Gasteiger partial charge in [0.25, 0.3) is 0 Å². The standard InChI is InChI=1S/C11H16O2/c1-2-3-6-9-7-4-5-8-10(9)11(12)13/h1,9-10H,3-8H2,(H,12,13). The Bertz CT molecular complexity index is 215. The largest absolute Gasteiger partial charge is 0.481 e. The maximum absolute atomic E-state index is 10.9. The lowest BCUT2D eigenvalue weighted by atomic mass is 9.77. The second-order valence-electron chi connectivity index (χ2n) is 3.73. The molecule has 0 aliphatic heterocycles. The molecule has 1 rings (SSSR count). The van der Waals surface area contributed by atoms with Crippen LogP contribution in [0.3, 0.4) is 0 Å². The van der Waals surface area contributed by atoms with Crippen molar-refractivity contribution in [2.45, 2.75) is 38.5 Å². The van der Waals surface area contributed by atoms with Crippen molar-refractivity contribution in [2.24, 2.45) is 11.8 Å². The molecule has 2 atom stereocenters. The summed E-state index contributed by atoms with van der Waals surface area (Å²) in [6, 6.07) is 0. The summed E-state index contributed by atoms with van der Waals surface area (Å²) in [6.45, 7) is 0. The maximum Gasteiger partial charge on any atom is 0.306 e. The molecule has 2 unspecified atom stereocenters. The molecule has 1 fully saturated rings. The van der Waals surface area contributed by atoms with Crippen molar-refractivity contribution in [1.82, 2.24) is 0 Å². The van der Waals surface area contributed by atoms with Crippen LogP contribution in [0, 0.1) is 24.2 Å². The van der Waals surface area contributed by atoms with Crippen molar-refractivity contribution >= 4 is 5.97 Å². The van der Waals surface area contributed by atoms with E-state index in [-0.39, 0.29) is 5.92 Å². The molecule has 2 nitrogen and oxygen atoms in total. The molecule has 0 aromatic heterocycles. The van der Waals surface area contributed by atoms with Gasteiger partial charge in [0.1, 0.15) is 0 Å². The highest BCUT2D eigenvalue weighted by Crippen LogP contribution is 2.33. The monoisotopic (exact) mass is 180 g/mol. The minimum atomic E-state index is -0.637. The van der Waals surface area contributed by atoms with Crippen LogP contribution in [0.25, 0.3) is 0 Å². The molecule has 0 saturated heterocycles. The van der Waals surface area contributed by atoms with E-state index in [9.17, 15) is 4.79 Å². The Kier molecular flexibility index (Phi) is 3.82. The summed E-state index contributed by atoms with van der Waals surface area (Å²) in [6.07, 6.45) is 10.9. The molecule has 1 saturated carbocycles. The molecule has 0 spiro atoms. The van der Waals surface area contributed by atoms with Crippen molar-refractivity contribution in [2.75, 3.05) is 0 Å². The molecule has 1 N–H and O–H groups in total. The fraction of sp³-hybridized carbons (Fsp3) is 0.727. The van der Waals surface area contributed by atoms with Gasteiger partial charge in [0, 0.05) is 6.42 Å². The van der Waals surface area contributed by atoms with Crippen LogP contribution in [-0.2, 0) is 4.79 Å². The normalized spacial score (nSPS) is 27.9. The Labute approximate surface area is 79.3 Å². The molecule has 0 bridgehead atoms. The van der Waals surface area contributed by atoms with Crippen molar-refractivity contribution in [3.05, 3.63) is 0 Å². The smallest absolute Gasteiger partial charge is 0.306 e. The summed E-state index contributed by atoms with van der Waals surface area (Å²) in [7, 11) is 0. The molecule has 1 aliphatic carbocycles. The second-order valence-corrected chi connectivity index (χ2v) is 3.73. The number of carboxylic acid groups (broad SMARTS) is 1. The Morgan fingerprint density at radius 3 is 2.77 bits per heavy atom. The zero-order valence-corrected chi connectivity index (χ0v) is 7.83. The fourth-order valence-electron chi connectivity index (χ4n) is 2.15. The van der Waals surface area contributed by atoms with Crippen LogP contribution in [-0.4, -0.2) is 11.1 Å². The number of carbonyl (C=O) groups is 1. The van der Waals surface area contributed by atoms with E-state index in [1.54, 1.807) is 0 Å². The van der Waals surface area contributed by atoms with E-state index < -0.39 is 5.97 Å². The molecule has 0 radical (unpaired) electrons. The topological polar surface area (TPSA) is 37.3 Å². The molecule has 1 aliphatic rings. The SMILES string of the molecule is C#CCCC1CCCCC1C(=O)O. The van der Waals surface area contributed by atoms with Gasteiger partial charge in [-0.15, -0.1) is 12.3 Å². The first-order chi connectivity index (χ1) is 6.25. The second kappa shape index (κ2) is 4.91. The highest BCUT2D eigenvalue weighted by atomic mass is 16.4. The van der Waals surface area contributed by atoms with Gasteiger partial charge < -0.3 is 5.11 Å². The molecule has 0 heterocycles. The third-order valence-electron chi connectivity index (χ3n) is 2.89. The van der Waals surface area contributed by atoms with Gasteiger partial charge in [-0.05, 0) is 25.2 Å². The van der Waals surface area contributed by atoms with Gasteiger partial charge in [0.2, 0.25) is 0 Å². The van der Waals surface area contributed by atoms with Gasteiger partial charge in [-0.25, -0.2) is 0 Å². The van der Waals surface area contributed by atoms with Crippen LogP contribution in [0.1, 0.15) is 38.5 Å². The fourth-order valence-corrected chi connectivity index (χ4v) is 2.15. The van der Waals surface area contributed by atoms with E-state index >= 15 is 0 Å². The van der Waals surface area contributed by atoms with Gasteiger partial charge in [-0.3, -0.25) is 4.79 Å². The van der Waals surface area contributed by atoms with Crippen molar-refractivity contribution in [1.29, 1.82) is 0 Å². The van der Waals surface area contributed by atoms with Crippen molar-refractivity contribution in [3.63, 3.8) is 0 Å². The Hall–Kier alpha value is -0.970. The molecule has 2 heteroatoms. The summed E-state index contributed by atoms with van der Waals surface area (Å²) >= 11 is 0. The lowest BCUT2D eigenvalue weighted by molar-refractivity contribution is -0.145. The van der Waals surface area contributed by atoms with E-state index in [2.05, 4.69) is 5.92 Å². The minimum Gasteiger partial charge on any atom is -0.481 e. The number of hydrogen-bond donors (Lipinski definition) is 1. The summed E-state index contributed by atoms with van der Waals surface area (Å²) in [5.41, 5.74) is 0. The molecule has 0 amide bonds. The van der Waals surface area contributed by atoms with Crippen LogP contribution in [0.2, 0.25) is 0 Å². The van der Waals surface area contributed by atoms with E-state index in [4.69, 9.17) is 11.5 Å². The quantitative estimate of drug-likeness (QED) is 0.676. The van der Waals surface area contributed by atoms with Crippen LogP contribution < -0.4 is 0 Å². The zero-order chi connectivity index (χ0) is 9.68. The predicted octanol–water partition coefficient (Wildman–Crippen LogP) is 2.29. The van der Waals surface area contributed by atoms with Gasteiger partial charge >= 0.3 is 5.97 Å². The number of aliphatic carboxylic acids is 1. The van der Waals surface area contributed by atoms with Crippen molar-refractivity contribution < 1.29 is 9.90 Å². The van der Waals surface area contributed by atoms with Crippen LogP contribution in [0.5, 0.6) is 0 Å². The average molecular weight is 180 g/mol. The van der Waals surface area contributed by atoms with E-state index in [0.717, 1.165) is 25.7 Å². The highest BCUT2D eigenvalue weighted by molar-refractivity contribution is 5.70. The highest BCUT2D eigenvalue weighted by Gasteiger charge is 2.29. The van der Waals surface area contributed by atoms with Gasteiger partial charge in [-0.2, -0.15) is 0 Å². The molecule has 13 heavy (non-hydrogen) atoms. The Morgan fingerprint density at radius 2 is 2.15 bits per heavy atom. The molecule has 0 aromatic rings. The summed E-state index contributed by atoms with van der Waals surface area (Å²) in [5, 5.41) is 8.96. The lowest BCUT2D eigenvalue weighted by Gasteiger charge is -2.27. The average Bonchev–Trinajstić information content (AvgIpc) is 2.15. The minimum absolute atomic E-state index is 0.137. The van der Waals surface area contributed by atoms with Gasteiger partial charge in [-0.1, -0.05) is 12.8 Å². The predicted molar refractivity (Wildman–Crippen MR) is 51.2 cm³/mol. The lowest BCUT2D eigenvalue weighted by Crippen LogP contribution is -2.26. The van der Waals surface area contributed by atoms with E-state index in [0.29, 0.717) is 12.3 Å². The summed E-state index contributed by atoms with van der Waals surface area (Å²) in [4.78, 5) is 10.9. The number of hydrogen-bond acceptors (Lipinski definition) is 1. The first-order valence-corrected chi connectivity index (χ1v) is 4.92. The van der Waals surface area contributed by atoms with E-state index in [1.165, 1.54) is 6.42 Å². The van der Waals surface area contributed by atoms with Crippen LogP contribution in [0.4, 0.5) is 0 Å². The van der Waals surface area contributed by atoms with E-state index in [1.807, 2.05) is 0 Å². The summed E-state index contributed by atoms with van der Waals surface area (Å²) in [5.74, 6) is 2.13. The first-order valence-electron chi connectivity index (χ1n) is 4.92. The summed E-state index contributed by atoms with van der Waals surface area (Å²) < 4.78 is 0. The number of carboxylic acids is 1. The maximum atomic E-state index is 10.9. The molecule has 72 valence electrons. The van der Waals surface area contributed by atoms with Gasteiger partial charge in [0.05, 0.1) is 5.92 Å². The van der Waals surface area contributed by atoms with Crippen LogP contribution in [0.15, 0.2) is 0 Å². The first kappa shape index (κ1) is 10.1. The number of rotatable bonds is 3. The Balaban J connectivity index is 2.47. The molecule has 0 aromatic carbocycles. The van der Waals surface area contributed by atoms with Crippen LogP contribution >= 0.6 is 0 Å². The third kappa shape index (κ3) is 2.77. The number of terminal acetylenes is 1. The van der Waals surface area contributed by atoms with Gasteiger partial charge in [0.15, 0.2) is 0 Å². The zero-order valence-electron chi connectivity index (χ0n) is 7.83. The third-order valence-corrected chi connectivity index (χ3v) is 2.89. The Morgan fingerprint density at radius 1 is 1.46 bits per heavy atom. The molecular formula is C11H16O2.